The summed E-state index contributed by atoms with van der Waals surface area (Å²) in [5.41, 5.74) is 0. The molecule has 5 nitrogen and oxygen atoms in total. The molecule has 1 amide bonds. The van der Waals surface area contributed by atoms with Crippen LogP contribution in [-0.4, -0.2) is 67.4 Å². The average Bonchev–Trinajstić information content (AvgIpc) is 2.01. The first kappa shape index (κ1) is 10.3. The van der Waals surface area contributed by atoms with Crippen molar-refractivity contribution in [1.82, 2.24) is 9.80 Å². The molecule has 0 aromatic heterocycles. The van der Waals surface area contributed by atoms with Crippen molar-refractivity contribution in [2.75, 3.05) is 40.4 Å². The lowest BCUT2D eigenvalue weighted by Gasteiger charge is -2.42. The Kier molecular flexibility index (Phi) is 3.50. The summed E-state index contributed by atoms with van der Waals surface area (Å²) in [6.07, 6.45) is -0.270. The fourth-order valence-electron chi connectivity index (χ4n) is 1.35. The number of amides is 1. The molecule has 1 fully saturated rings. The van der Waals surface area contributed by atoms with Gasteiger partial charge in [-0.1, -0.05) is 0 Å². The number of ether oxygens (including phenoxy) is 1. The van der Waals surface area contributed by atoms with Crippen LogP contribution in [0.2, 0.25) is 0 Å². The first-order chi connectivity index (χ1) is 6.19. The summed E-state index contributed by atoms with van der Waals surface area (Å²) in [5.74, 6) is 0. The summed E-state index contributed by atoms with van der Waals surface area (Å²) in [6.45, 7) is 2.21. The lowest BCUT2D eigenvalue weighted by molar-refractivity contribution is 0.0343. The Hall–Kier alpha value is -0.810. The largest absolute Gasteiger partial charge is 0.453 e. The van der Waals surface area contributed by atoms with E-state index in [1.54, 1.807) is 4.90 Å². The Balaban J connectivity index is 2.21. The summed E-state index contributed by atoms with van der Waals surface area (Å²) in [4.78, 5) is 14.6. The number of likely N-dealkylation sites (N-methyl/N-ethyl adjacent to an activating group) is 1. The standard InChI is InChI=1S/C8H16N2O3/c1-9(3-4-11)7-5-10(6-7)8(12)13-2/h7,11H,3-6H2,1-2H3. The van der Waals surface area contributed by atoms with E-state index in [2.05, 4.69) is 4.74 Å². The second-order valence-electron chi connectivity index (χ2n) is 3.23. The maximum Gasteiger partial charge on any atom is 0.409 e. The summed E-state index contributed by atoms with van der Waals surface area (Å²) in [6, 6.07) is 0.367. The maximum absolute atomic E-state index is 11.0. The number of rotatable bonds is 3. The first-order valence-corrected chi connectivity index (χ1v) is 4.33. The SMILES string of the molecule is COC(=O)N1CC(N(C)CCO)C1. The van der Waals surface area contributed by atoms with E-state index in [-0.39, 0.29) is 12.7 Å². The van der Waals surface area contributed by atoms with Crippen molar-refractivity contribution in [3.05, 3.63) is 0 Å². The molecule has 0 bridgehead atoms. The van der Waals surface area contributed by atoms with Crippen molar-refractivity contribution in [3.8, 4) is 0 Å². The molecule has 1 saturated heterocycles. The number of likely N-dealkylation sites (tertiary alicyclic amines) is 1. The van der Waals surface area contributed by atoms with Crippen molar-refractivity contribution in [2.45, 2.75) is 6.04 Å². The minimum absolute atomic E-state index is 0.158. The highest BCUT2D eigenvalue weighted by Gasteiger charge is 2.33. The van der Waals surface area contributed by atoms with Crippen molar-refractivity contribution in [1.29, 1.82) is 0 Å². The van der Waals surface area contributed by atoms with Gasteiger partial charge in [0.25, 0.3) is 0 Å². The van der Waals surface area contributed by atoms with Crippen LogP contribution in [0.3, 0.4) is 0 Å². The van der Waals surface area contributed by atoms with Crippen LogP contribution in [0.25, 0.3) is 0 Å². The molecule has 0 aromatic carbocycles. The normalized spacial score (nSPS) is 17.4. The Morgan fingerprint density at radius 1 is 1.69 bits per heavy atom. The molecule has 1 N–H and O–H groups in total. The predicted octanol–water partition coefficient (Wildman–Crippen LogP) is -0.639. The minimum atomic E-state index is -0.270. The topological polar surface area (TPSA) is 53.0 Å². The number of aliphatic hydroxyl groups is 1. The molecule has 1 aliphatic heterocycles. The zero-order chi connectivity index (χ0) is 9.84. The lowest BCUT2D eigenvalue weighted by atomic mass is 10.1. The molecule has 1 heterocycles. The molecule has 0 radical (unpaired) electrons. The number of nitrogens with zero attached hydrogens (tertiary/aromatic N) is 2. The highest BCUT2D eigenvalue weighted by atomic mass is 16.5. The number of hydrogen-bond acceptors (Lipinski definition) is 4. The second kappa shape index (κ2) is 4.43. The summed E-state index contributed by atoms with van der Waals surface area (Å²) >= 11 is 0. The van der Waals surface area contributed by atoms with Gasteiger partial charge in [0.2, 0.25) is 0 Å². The third-order valence-electron chi connectivity index (χ3n) is 2.37. The Morgan fingerprint density at radius 3 is 2.77 bits per heavy atom. The van der Waals surface area contributed by atoms with Gasteiger partial charge in [0, 0.05) is 25.7 Å². The van der Waals surface area contributed by atoms with Crippen LogP contribution in [0.4, 0.5) is 4.79 Å². The van der Waals surface area contributed by atoms with Crippen LogP contribution in [0.5, 0.6) is 0 Å². The van der Waals surface area contributed by atoms with Gasteiger partial charge in [0.15, 0.2) is 0 Å². The zero-order valence-corrected chi connectivity index (χ0v) is 8.06. The third kappa shape index (κ3) is 2.32. The number of methoxy groups -OCH3 is 1. The maximum atomic E-state index is 11.0. The van der Waals surface area contributed by atoms with Gasteiger partial charge in [-0.3, -0.25) is 4.90 Å². The zero-order valence-electron chi connectivity index (χ0n) is 8.06. The molecule has 76 valence electrons. The van der Waals surface area contributed by atoms with Gasteiger partial charge in [0.05, 0.1) is 13.7 Å². The fraction of sp³-hybridized carbons (Fsp3) is 0.875. The molecule has 5 heteroatoms. The molecule has 0 saturated carbocycles. The van der Waals surface area contributed by atoms with Gasteiger partial charge < -0.3 is 14.7 Å². The van der Waals surface area contributed by atoms with Crippen LogP contribution in [-0.2, 0) is 4.74 Å². The number of hydrogen-bond donors (Lipinski definition) is 1. The van der Waals surface area contributed by atoms with Crippen LogP contribution >= 0.6 is 0 Å². The number of carbonyl (C=O) groups is 1. The van der Waals surface area contributed by atoms with Gasteiger partial charge in [-0.2, -0.15) is 0 Å². The average molecular weight is 188 g/mol. The van der Waals surface area contributed by atoms with E-state index in [0.717, 1.165) is 0 Å². The van der Waals surface area contributed by atoms with Crippen molar-refractivity contribution >= 4 is 6.09 Å². The minimum Gasteiger partial charge on any atom is -0.453 e. The second-order valence-corrected chi connectivity index (χ2v) is 3.23. The van der Waals surface area contributed by atoms with Gasteiger partial charge in [-0.15, -0.1) is 0 Å². The van der Waals surface area contributed by atoms with Crippen LogP contribution in [0.1, 0.15) is 0 Å². The smallest absolute Gasteiger partial charge is 0.409 e. The summed E-state index contributed by atoms with van der Waals surface area (Å²) in [7, 11) is 3.32. The van der Waals surface area contributed by atoms with E-state index in [1.807, 2.05) is 11.9 Å². The molecule has 13 heavy (non-hydrogen) atoms. The van der Waals surface area contributed by atoms with Crippen molar-refractivity contribution < 1.29 is 14.6 Å². The number of carbonyl (C=O) groups excluding carboxylic acids is 1. The van der Waals surface area contributed by atoms with Crippen LogP contribution in [0.15, 0.2) is 0 Å². The summed E-state index contributed by atoms with van der Waals surface area (Å²) in [5, 5.41) is 8.68. The molecular weight excluding hydrogens is 172 g/mol. The first-order valence-electron chi connectivity index (χ1n) is 4.33. The Morgan fingerprint density at radius 2 is 2.31 bits per heavy atom. The van der Waals surface area contributed by atoms with Gasteiger partial charge in [0.1, 0.15) is 0 Å². The lowest BCUT2D eigenvalue weighted by Crippen LogP contribution is -2.60. The van der Waals surface area contributed by atoms with Crippen LogP contribution < -0.4 is 0 Å². The molecule has 0 aromatic rings. The van der Waals surface area contributed by atoms with E-state index >= 15 is 0 Å². The molecule has 0 spiro atoms. The molecule has 1 aliphatic rings. The monoisotopic (exact) mass is 188 g/mol. The van der Waals surface area contributed by atoms with Gasteiger partial charge in [-0.25, -0.2) is 4.79 Å². The highest BCUT2D eigenvalue weighted by Crippen LogP contribution is 2.13. The fourth-order valence-corrected chi connectivity index (χ4v) is 1.35. The number of aliphatic hydroxyl groups excluding tert-OH is 1. The quantitative estimate of drug-likeness (QED) is 0.640. The van der Waals surface area contributed by atoms with Crippen molar-refractivity contribution in [3.63, 3.8) is 0 Å². The van der Waals surface area contributed by atoms with Crippen LogP contribution in [0, 0.1) is 0 Å². The molecule has 0 unspecified atom stereocenters. The van der Waals surface area contributed by atoms with Gasteiger partial charge in [-0.05, 0) is 7.05 Å². The Labute approximate surface area is 77.9 Å². The molecule has 0 atom stereocenters. The van der Waals surface area contributed by atoms with Crippen molar-refractivity contribution in [2.24, 2.45) is 0 Å². The molecular formula is C8H16N2O3. The third-order valence-corrected chi connectivity index (χ3v) is 2.37. The van der Waals surface area contributed by atoms with E-state index in [1.165, 1.54) is 7.11 Å². The molecule has 1 rings (SSSR count). The van der Waals surface area contributed by atoms with E-state index in [0.29, 0.717) is 25.7 Å². The Bertz CT molecular complexity index is 180. The highest BCUT2D eigenvalue weighted by molar-refractivity contribution is 5.68. The molecule has 0 aliphatic carbocycles. The van der Waals surface area contributed by atoms with E-state index in [4.69, 9.17) is 5.11 Å². The summed E-state index contributed by atoms with van der Waals surface area (Å²) < 4.78 is 4.56. The van der Waals surface area contributed by atoms with E-state index in [9.17, 15) is 4.79 Å². The predicted molar refractivity (Wildman–Crippen MR) is 47.5 cm³/mol. The van der Waals surface area contributed by atoms with E-state index < -0.39 is 0 Å². The van der Waals surface area contributed by atoms with Gasteiger partial charge >= 0.3 is 6.09 Å².